The molecule has 4 aromatic rings. The third-order valence-electron chi connectivity index (χ3n) is 5.04. The summed E-state index contributed by atoms with van der Waals surface area (Å²) in [7, 11) is 1.30. The number of pyridine rings is 1. The lowest BCUT2D eigenvalue weighted by atomic mass is 10.1. The maximum atomic E-state index is 12.4. The van der Waals surface area contributed by atoms with Crippen molar-refractivity contribution in [1.82, 2.24) is 10.3 Å². The quantitative estimate of drug-likeness (QED) is 0.348. The molecule has 1 heterocycles. The van der Waals surface area contributed by atoms with Gasteiger partial charge in [-0.3, -0.25) is 0 Å². The number of nitrogens with one attached hydrogen (secondary N) is 2. The number of benzene rings is 3. The van der Waals surface area contributed by atoms with Crippen LogP contribution in [0.1, 0.15) is 5.56 Å². The van der Waals surface area contributed by atoms with Crippen molar-refractivity contribution in [3.8, 4) is 17.0 Å². The smallest absolute Gasteiger partial charge is 0.343 e. The molecule has 1 aromatic heterocycles. The first kappa shape index (κ1) is 23.1. The number of ether oxygens (including phenoxy) is 2. The molecule has 0 spiro atoms. The highest BCUT2D eigenvalue weighted by Crippen LogP contribution is 2.32. The van der Waals surface area contributed by atoms with E-state index in [1.807, 2.05) is 42.5 Å². The molecule has 0 bridgehead atoms. The third kappa shape index (κ3) is 5.82. The number of esters is 1. The number of carbonyl (C=O) groups excluding carboxylic acids is 2. The summed E-state index contributed by atoms with van der Waals surface area (Å²) in [6.07, 6.45) is 0. The molecule has 0 saturated heterocycles. The van der Waals surface area contributed by atoms with Crippen LogP contribution in [0.5, 0.6) is 5.75 Å². The number of rotatable bonds is 7. The monoisotopic (exact) mass is 475 g/mol. The van der Waals surface area contributed by atoms with E-state index in [1.165, 1.54) is 7.11 Å². The molecule has 3 aromatic carbocycles. The van der Waals surface area contributed by atoms with E-state index in [4.69, 9.17) is 26.1 Å². The van der Waals surface area contributed by atoms with E-state index < -0.39 is 5.97 Å². The molecule has 0 saturated carbocycles. The second-order valence-electron chi connectivity index (χ2n) is 7.40. The number of methoxy groups -OCH3 is 1. The average molecular weight is 476 g/mol. The fourth-order valence-electron chi connectivity index (χ4n) is 3.31. The van der Waals surface area contributed by atoms with Crippen molar-refractivity contribution >= 4 is 40.2 Å². The Morgan fingerprint density at radius 2 is 1.74 bits per heavy atom. The molecule has 0 unspecified atom stereocenters. The molecule has 0 atom stereocenters. The molecule has 7 nitrogen and oxygen atoms in total. The van der Waals surface area contributed by atoms with Crippen LogP contribution in [-0.2, 0) is 16.1 Å². The fraction of sp³-hybridized carbons (Fsp3) is 0.115. The molecule has 34 heavy (non-hydrogen) atoms. The van der Waals surface area contributed by atoms with Gasteiger partial charge < -0.3 is 20.1 Å². The van der Waals surface area contributed by atoms with Crippen LogP contribution in [0.15, 0.2) is 78.9 Å². The Labute approximate surface area is 201 Å². The summed E-state index contributed by atoms with van der Waals surface area (Å²) >= 11 is 6.01. The number of halogens is 1. The largest absolute Gasteiger partial charge is 0.481 e. The van der Waals surface area contributed by atoms with Crippen molar-refractivity contribution in [3.63, 3.8) is 0 Å². The number of amides is 2. The maximum Gasteiger partial charge on any atom is 0.343 e. The van der Waals surface area contributed by atoms with E-state index in [9.17, 15) is 9.59 Å². The van der Waals surface area contributed by atoms with E-state index in [-0.39, 0.29) is 12.6 Å². The zero-order valence-electron chi connectivity index (χ0n) is 18.4. The Bertz CT molecular complexity index is 1310. The van der Waals surface area contributed by atoms with Crippen molar-refractivity contribution in [2.45, 2.75) is 6.54 Å². The normalized spacial score (nSPS) is 10.5. The number of anilines is 1. The van der Waals surface area contributed by atoms with Crippen LogP contribution in [0.3, 0.4) is 0 Å². The number of hydrogen-bond acceptors (Lipinski definition) is 5. The Hall–Kier alpha value is -4.10. The first-order chi connectivity index (χ1) is 16.5. The summed E-state index contributed by atoms with van der Waals surface area (Å²) in [5.41, 5.74) is 3.69. The number of hydrogen-bond donors (Lipinski definition) is 2. The van der Waals surface area contributed by atoms with E-state index in [0.717, 1.165) is 11.1 Å². The summed E-state index contributed by atoms with van der Waals surface area (Å²) in [5, 5.41) is 6.90. The lowest BCUT2D eigenvalue weighted by Gasteiger charge is -2.13. The van der Waals surface area contributed by atoms with Crippen LogP contribution < -0.4 is 15.4 Å². The van der Waals surface area contributed by atoms with Crippen LogP contribution in [0, 0.1) is 0 Å². The van der Waals surface area contributed by atoms with Crippen molar-refractivity contribution in [3.05, 3.63) is 89.4 Å². The number of nitrogens with zero attached hydrogens (tertiary/aromatic N) is 1. The average Bonchev–Trinajstić information content (AvgIpc) is 2.87. The lowest BCUT2D eigenvalue weighted by Crippen LogP contribution is -2.28. The predicted octanol–water partition coefficient (Wildman–Crippen LogP) is 5.43. The molecule has 0 aliphatic heterocycles. The van der Waals surface area contributed by atoms with Gasteiger partial charge in [0.15, 0.2) is 6.61 Å². The number of aromatic nitrogens is 1. The molecule has 4 rings (SSSR count). The Morgan fingerprint density at radius 1 is 0.971 bits per heavy atom. The van der Waals surface area contributed by atoms with Gasteiger partial charge in [0.05, 0.1) is 18.3 Å². The molecule has 8 heteroatoms. The minimum Gasteiger partial charge on any atom is -0.481 e. The maximum absolute atomic E-state index is 12.4. The highest BCUT2D eigenvalue weighted by Gasteiger charge is 2.13. The zero-order chi connectivity index (χ0) is 23.9. The zero-order valence-corrected chi connectivity index (χ0v) is 19.1. The van der Waals surface area contributed by atoms with Gasteiger partial charge in [-0.25, -0.2) is 14.6 Å². The Morgan fingerprint density at radius 3 is 2.47 bits per heavy atom. The summed E-state index contributed by atoms with van der Waals surface area (Å²) in [5.74, 6) is -0.0683. The Kier molecular flexibility index (Phi) is 7.25. The van der Waals surface area contributed by atoms with E-state index in [0.29, 0.717) is 39.6 Å². The van der Waals surface area contributed by atoms with E-state index >= 15 is 0 Å². The first-order valence-corrected chi connectivity index (χ1v) is 10.9. The van der Waals surface area contributed by atoms with Crippen molar-refractivity contribution in [2.24, 2.45) is 0 Å². The third-order valence-corrected chi connectivity index (χ3v) is 5.29. The van der Waals surface area contributed by atoms with Gasteiger partial charge >= 0.3 is 12.0 Å². The van der Waals surface area contributed by atoms with E-state index in [1.54, 1.807) is 36.4 Å². The molecule has 0 aliphatic carbocycles. The van der Waals surface area contributed by atoms with Crippen molar-refractivity contribution < 1.29 is 19.1 Å². The minimum atomic E-state index is -0.507. The summed E-state index contributed by atoms with van der Waals surface area (Å²) < 4.78 is 10.4. The minimum absolute atomic E-state index is 0.259. The summed E-state index contributed by atoms with van der Waals surface area (Å²) in [6.45, 7) is 0.143. The van der Waals surface area contributed by atoms with Crippen molar-refractivity contribution in [2.75, 3.05) is 19.0 Å². The molecule has 2 N–H and O–H groups in total. The topological polar surface area (TPSA) is 89.6 Å². The van der Waals surface area contributed by atoms with Gasteiger partial charge in [0.2, 0.25) is 0 Å². The summed E-state index contributed by atoms with van der Waals surface area (Å²) in [6, 6.07) is 23.6. The summed E-state index contributed by atoms with van der Waals surface area (Å²) in [4.78, 5) is 28.8. The van der Waals surface area contributed by atoms with Gasteiger partial charge in [-0.1, -0.05) is 54.1 Å². The standard InChI is InChI=1S/C26H22ClN3O4/c1-33-25(31)16-34-24-14-23(18-7-9-19(27)10-8-18)30-22-12-11-20(13-21(22)24)29-26(32)28-15-17-5-3-2-4-6-17/h2-14H,15-16H2,1H3,(H2,28,29,32). The SMILES string of the molecule is COC(=O)COc1cc(-c2ccc(Cl)cc2)nc2ccc(NC(=O)NCc3ccccc3)cc12. The number of urea groups is 1. The molecular weight excluding hydrogens is 454 g/mol. The van der Waals surface area contributed by atoms with Gasteiger partial charge in [-0.15, -0.1) is 0 Å². The van der Waals surface area contributed by atoms with Gasteiger partial charge in [0.1, 0.15) is 5.75 Å². The highest BCUT2D eigenvalue weighted by molar-refractivity contribution is 6.30. The second kappa shape index (κ2) is 10.7. The first-order valence-electron chi connectivity index (χ1n) is 10.5. The van der Waals surface area contributed by atoms with Gasteiger partial charge in [0, 0.05) is 34.3 Å². The van der Waals surface area contributed by atoms with E-state index in [2.05, 4.69) is 10.6 Å². The molecule has 0 radical (unpaired) electrons. The van der Waals surface area contributed by atoms with Crippen LogP contribution >= 0.6 is 11.6 Å². The second-order valence-corrected chi connectivity index (χ2v) is 7.84. The predicted molar refractivity (Wildman–Crippen MR) is 132 cm³/mol. The molecule has 0 fully saturated rings. The van der Waals surface area contributed by atoms with Gasteiger partial charge in [-0.05, 0) is 35.9 Å². The van der Waals surface area contributed by atoms with Crippen LogP contribution in [-0.4, -0.2) is 30.7 Å². The highest BCUT2D eigenvalue weighted by atomic mass is 35.5. The molecule has 0 aliphatic rings. The molecule has 172 valence electrons. The van der Waals surface area contributed by atoms with Gasteiger partial charge in [0.25, 0.3) is 0 Å². The fourth-order valence-corrected chi connectivity index (χ4v) is 3.44. The molecule has 2 amide bonds. The van der Waals surface area contributed by atoms with Crippen LogP contribution in [0.4, 0.5) is 10.5 Å². The molecular formula is C26H22ClN3O4. The van der Waals surface area contributed by atoms with Crippen LogP contribution in [0.25, 0.3) is 22.2 Å². The number of fused-ring (bicyclic) bond motifs is 1. The van der Waals surface area contributed by atoms with Crippen molar-refractivity contribution in [1.29, 1.82) is 0 Å². The number of carbonyl (C=O) groups is 2. The Balaban J connectivity index is 1.60. The lowest BCUT2D eigenvalue weighted by molar-refractivity contribution is -0.142. The van der Waals surface area contributed by atoms with Crippen LogP contribution in [0.2, 0.25) is 5.02 Å². The van der Waals surface area contributed by atoms with Gasteiger partial charge in [-0.2, -0.15) is 0 Å².